The highest BCUT2D eigenvalue weighted by molar-refractivity contribution is 5.78. The van der Waals surface area contributed by atoms with Crippen molar-refractivity contribution in [2.24, 2.45) is 5.41 Å². The molecule has 2 heterocycles. The molecule has 0 aliphatic carbocycles. The molecule has 0 radical (unpaired) electrons. The van der Waals surface area contributed by atoms with E-state index >= 15 is 0 Å². The summed E-state index contributed by atoms with van der Waals surface area (Å²) in [5, 5.41) is 7.57. The van der Waals surface area contributed by atoms with E-state index in [1.807, 2.05) is 66.7 Å². The normalized spacial score (nSPS) is 12.5. The molecular weight excluding hydrogens is 438 g/mol. The highest BCUT2D eigenvalue weighted by Crippen LogP contribution is 2.45. The van der Waals surface area contributed by atoms with Gasteiger partial charge in [-0.1, -0.05) is 75.4 Å². The Balaban J connectivity index is 1.54. The standard InChI is InChI=1S/C29H27N3O3/c1-29(2,3)26(20-10-5-4-6-11-20)24-17-22(15-16-23(24)27-31-32-28(33)35-27)34-18-21-14-13-19-9-7-8-12-25(19)30-21/h4-17,26H,18H2,1-3H3,(H,32,33). The Kier molecular flexibility index (Phi) is 5.95. The third kappa shape index (κ3) is 4.87. The van der Waals surface area contributed by atoms with Gasteiger partial charge in [-0.25, -0.2) is 14.9 Å². The second-order valence-electron chi connectivity index (χ2n) is 9.66. The average molecular weight is 466 g/mol. The molecular formula is C29H27N3O3. The molecule has 1 unspecified atom stereocenters. The number of nitrogens with one attached hydrogen (secondary N) is 1. The van der Waals surface area contributed by atoms with Crippen molar-refractivity contribution in [1.29, 1.82) is 0 Å². The Bertz CT molecular complexity index is 1510. The lowest BCUT2D eigenvalue weighted by Gasteiger charge is -2.33. The van der Waals surface area contributed by atoms with Crippen molar-refractivity contribution in [3.63, 3.8) is 0 Å². The van der Waals surface area contributed by atoms with Crippen LogP contribution in [0.25, 0.3) is 22.4 Å². The molecule has 5 rings (SSSR count). The van der Waals surface area contributed by atoms with Crippen LogP contribution in [0.4, 0.5) is 0 Å². The van der Waals surface area contributed by atoms with Crippen LogP contribution in [0, 0.1) is 5.41 Å². The van der Waals surface area contributed by atoms with Crippen molar-refractivity contribution in [1.82, 2.24) is 15.2 Å². The Hall–Kier alpha value is -4.19. The molecule has 0 saturated heterocycles. The van der Waals surface area contributed by atoms with Crippen molar-refractivity contribution >= 4 is 10.9 Å². The molecule has 0 fully saturated rings. The number of hydrogen-bond acceptors (Lipinski definition) is 5. The van der Waals surface area contributed by atoms with Gasteiger partial charge in [-0.3, -0.25) is 0 Å². The number of benzene rings is 3. The average Bonchev–Trinajstić information content (AvgIpc) is 3.28. The van der Waals surface area contributed by atoms with Crippen molar-refractivity contribution in [3.05, 3.63) is 112 Å². The Morgan fingerprint density at radius 1 is 0.943 bits per heavy atom. The number of pyridine rings is 1. The summed E-state index contributed by atoms with van der Waals surface area (Å²) in [5.41, 5.74) is 4.54. The van der Waals surface area contributed by atoms with E-state index in [-0.39, 0.29) is 17.2 Å². The molecule has 6 nitrogen and oxygen atoms in total. The van der Waals surface area contributed by atoms with Gasteiger partial charge in [-0.2, -0.15) is 0 Å². The minimum atomic E-state index is -0.583. The number of ether oxygens (including phenoxy) is 1. The van der Waals surface area contributed by atoms with Crippen LogP contribution in [0.5, 0.6) is 5.75 Å². The van der Waals surface area contributed by atoms with Gasteiger partial charge in [0, 0.05) is 16.9 Å². The number of aromatic nitrogens is 3. The minimum absolute atomic E-state index is 0.00282. The Morgan fingerprint density at radius 2 is 1.71 bits per heavy atom. The molecule has 2 aromatic heterocycles. The van der Waals surface area contributed by atoms with Gasteiger partial charge in [0.2, 0.25) is 5.89 Å². The summed E-state index contributed by atoms with van der Waals surface area (Å²) < 4.78 is 11.5. The first-order chi connectivity index (χ1) is 16.9. The summed E-state index contributed by atoms with van der Waals surface area (Å²) >= 11 is 0. The SMILES string of the molecule is CC(C)(C)C(c1ccccc1)c1cc(OCc2ccc3ccccc3n2)ccc1-c1n[nH]c(=O)o1. The fraction of sp³-hybridized carbons (Fsp3) is 0.207. The van der Waals surface area contributed by atoms with E-state index in [9.17, 15) is 4.79 Å². The van der Waals surface area contributed by atoms with E-state index in [1.165, 1.54) is 0 Å². The van der Waals surface area contributed by atoms with Crippen LogP contribution in [0.1, 0.15) is 43.5 Å². The van der Waals surface area contributed by atoms with Crippen LogP contribution in [0.15, 0.2) is 94.1 Å². The molecule has 0 amide bonds. The first-order valence-electron chi connectivity index (χ1n) is 11.6. The van der Waals surface area contributed by atoms with Gasteiger partial charge in [0.05, 0.1) is 11.2 Å². The summed E-state index contributed by atoms with van der Waals surface area (Å²) in [4.78, 5) is 16.4. The maximum Gasteiger partial charge on any atom is 0.434 e. The van der Waals surface area contributed by atoms with Crippen molar-refractivity contribution < 1.29 is 9.15 Å². The Morgan fingerprint density at radius 3 is 2.46 bits per heavy atom. The second kappa shape index (κ2) is 9.22. The lowest BCUT2D eigenvalue weighted by molar-refractivity contribution is 0.300. The fourth-order valence-electron chi connectivity index (χ4n) is 4.55. The number of aromatic amines is 1. The van der Waals surface area contributed by atoms with Gasteiger partial charge >= 0.3 is 5.76 Å². The van der Waals surface area contributed by atoms with E-state index in [2.05, 4.69) is 49.2 Å². The maximum atomic E-state index is 11.7. The van der Waals surface area contributed by atoms with Gasteiger partial charge < -0.3 is 9.15 Å². The van der Waals surface area contributed by atoms with E-state index in [0.717, 1.165) is 33.3 Å². The van der Waals surface area contributed by atoms with E-state index in [4.69, 9.17) is 14.1 Å². The van der Waals surface area contributed by atoms with Crippen molar-refractivity contribution in [3.8, 4) is 17.2 Å². The highest BCUT2D eigenvalue weighted by Gasteiger charge is 2.31. The van der Waals surface area contributed by atoms with E-state index < -0.39 is 5.76 Å². The largest absolute Gasteiger partial charge is 0.487 e. The quantitative estimate of drug-likeness (QED) is 0.317. The summed E-state index contributed by atoms with van der Waals surface area (Å²) in [5.74, 6) is 0.392. The molecule has 0 spiro atoms. The second-order valence-corrected chi connectivity index (χ2v) is 9.66. The minimum Gasteiger partial charge on any atom is -0.487 e. The number of nitrogens with zero attached hydrogens (tertiary/aromatic N) is 2. The smallest absolute Gasteiger partial charge is 0.434 e. The molecule has 35 heavy (non-hydrogen) atoms. The number of fused-ring (bicyclic) bond motifs is 1. The molecule has 176 valence electrons. The number of hydrogen-bond donors (Lipinski definition) is 1. The third-order valence-corrected chi connectivity index (χ3v) is 6.04. The molecule has 0 aliphatic rings. The van der Waals surface area contributed by atoms with Gasteiger partial charge in [-0.05, 0) is 46.9 Å². The molecule has 0 saturated carbocycles. The molecule has 6 heteroatoms. The predicted molar refractivity (Wildman–Crippen MR) is 136 cm³/mol. The van der Waals surface area contributed by atoms with Gasteiger partial charge in [0.1, 0.15) is 12.4 Å². The maximum absolute atomic E-state index is 11.7. The monoisotopic (exact) mass is 465 g/mol. The molecule has 0 aliphatic heterocycles. The van der Waals surface area contributed by atoms with E-state index in [0.29, 0.717) is 12.4 Å². The fourth-order valence-corrected chi connectivity index (χ4v) is 4.55. The van der Waals surface area contributed by atoms with E-state index in [1.54, 1.807) is 0 Å². The van der Waals surface area contributed by atoms with Crippen LogP contribution < -0.4 is 10.5 Å². The molecule has 0 bridgehead atoms. The topological polar surface area (TPSA) is 81.0 Å². The molecule has 1 atom stereocenters. The summed E-state index contributed by atoms with van der Waals surface area (Å²) in [6, 6.07) is 28.2. The van der Waals surface area contributed by atoms with Gasteiger partial charge in [0.25, 0.3) is 0 Å². The molecule has 5 aromatic rings. The van der Waals surface area contributed by atoms with Crippen LogP contribution in [-0.2, 0) is 6.61 Å². The van der Waals surface area contributed by atoms with Gasteiger partial charge in [0.15, 0.2) is 0 Å². The zero-order chi connectivity index (χ0) is 24.4. The first-order valence-corrected chi connectivity index (χ1v) is 11.6. The first kappa shape index (κ1) is 22.6. The van der Waals surface area contributed by atoms with Crippen LogP contribution in [0.2, 0.25) is 0 Å². The number of para-hydroxylation sites is 1. The van der Waals surface area contributed by atoms with Gasteiger partial charge in [-0.15, -0.1) is 5.10 Å². The zero-order valence-corrected chi connectivity index (χ0v) is 20.0. The summed E-state index contributed by atoms with van der Waals surface area (Å²) in [6.07, 6.45) is 0. The zero-order valence-electron chi connectivity index (χ0n) is 20.0. The molecule has 1 N–H and O–H groups in total. The third-order valence-electron chi connectivity index (χ3n) is 6.04. The predicted octanol–water partition coefficient (Wildman–Crippen LogP) is 6.34. The van der Waals surface area contributed by atoms with Crippen molar-refractivity contribution in [2.45, 2.75) is 33.3 Å². The highest BCUT2D eigenvalue weighted by atomic mass is 16.5. The van der Waals surface area contributed by atoms with Crippen LogP contribution in [-0.4, -0.2) is 15.2 Å². The Labute approximate surface area is 203 Å². The molecule has 3 aromatic carbocycles. The van der Waals surface area contributed by atoms with Crippen LogP contribution >= 0.6 is 0 Å². The summed E-state index contributed by atoms with van der Waals surface area (Å²) in [7, 11) is 0. The lowest BCUT2D eigenvalue weighted by Crippen LogP contribution is -2.20. The number of H-pyrrole nitrogens is 1. The lowest BCUT2D eigenvalue weighted by atomic mass is 9.71. The van der Waals surface area contributed by atoms with Crippen LogP contribution in [0.3, 0.4) is 0 Å². The van der Waals surface area contributed by atoms with Crippen molar-refractivity contribution in [2.75, 3.05) is 0 Å². The summed E-state index contributed by atoms with van der Waals surface area (Å²) in [6.45, 7) is 6.93. The number of rotatable bonds is 6.